The van der Waals surface area contributed by atoms with Crippen molar-refractivity contribution in [1.29, 1.82) is 0 Å². The number of nitrogens with zero attached hydrogens (tertiary/aromatic N) is 1. The molecular weight excluding hydrogens is 348 g/mol. The van der Waals surface area contributed by atoms with E-state index in [4.69, 9.17) is 22.3 Å². The molecule has 0 saturated carbocycles. The molecule has 25 heavy (non-hydrogen) atoms. The quantitative estimate of drug-likeness (QED) is 0.131. The highest BCUT2D eigenvalue weighted by Gasteiger charge is 2.25. The van der Waals surface area contributed by atoms with Gasteiger partial charge in [-0.15, -0.1) is 0 Å². The van der Waals surface area contributed by atoms with Crippen molar-refractivity contribution in [3.05, 3.63) is 0 Å². The summed E-state index contributed by atoms with van der Waals surface area (Å²) >= 11 is 1.51. The molecular formula is C14H28N6O4S. The fourth-order valence-electron chi connectivity index (χ4n) is 1.81. The van der Waals surface area contributed by atoms with Crippen LogP contribution in [0.5, 0.6) is 0 Å². The maximum Gasteiger partial charge on any atom is 0.325 e. The standard InChI is InChI=1S/C14H28N6O4S/c1-8(13(23)24)19-12(22)10(5-7-25-2)20-11(21)9(15)4-3-6-18-14(16)17/h8-10H,3-7,15H2,1-2H3,(H,19,22)(H,20,21)(H,23,24)(H4,16,17,18)/t8-,9-,10-/m0/s1. The Morgan fingerprint density at radius 1 is 1.16 bits per heavy atom. The highest BCUT2D eigenvalue weighted by Crippen LogP contribution is 2.03. The average molecular weight is 376 g/mol. The Labute approximate surface area is 151 Å². The maximum absolute atomic E-state index is 12.2. The van der Waals surface area contributed by atoms with Crippen molar-refractivity contribution in [2.75, 3.05) is 18.6 Å². The van der Waals surface area contributed by atoms with Gasteiger partial charge in [0.2, 0.25) is 11.8 Å². The molecule has 0 aromatic rings. The van der Waals surface area contributed by atoms with Gasteiger partial charge in [0.05, 0.1) is 6.04 Å². The molecule has 0 saturated heterocycles. The first-order valence-electron chi connectivity index (χ1n) is 7.82. The van der Waals surface area contributed by atoms with Gasteiger partial charge in [0.25, 0.3) is 0 Å². The molecule has 0 aliphatic heterocycles. The molecule has 0 spiro atoms. The Morgan fingerprint density at radius 2 is 1.80 bits per heavy atom. The van der Waals surface area contributed by atoms with Crippen LogP contribution in [0.1, 0.15) is 26.2 Å². The van der Waals surface area contributed by atoms with Crippen molar-refractivity contribution in [3.8, 4) is 0 Å². The lowest BCUT2D eigenvalue weighted by Crippen LogP contribution is -2.54. The topological polar surface area (TPSA) is 186 Å². The lowest BCUT2D eigenvalue weighted by Gasteiger charge is -2.21. The van der Waals surface area contributed by atoms with Crippen molar-refractivity contribution in [1.82, 2.24) is 10.6 Å². The molecule has 10 nitrogen and oxygen atoms in total. The molecule has 9 N–H and O–H groups in total. The number of carbonyl (C=O) groups is 3. The van der Waals surface area contributed by atoms with E-state index in [1.165, 1.54) is 18.7 Å². The lowest BCUT2D eigenvalue weighted by atomic mass is 10.1. The summed E-state index contributed by atoms with van der Waals surface area (Å²) in [4.78, 5) is 39.0. The summed E-state index contributed by atoms with van der Waals surface area (Å²) in [5.41, 5.74) is 16.2. The first-order valence-corrected chi connectivity index (χ1v) is 9.21. The van der Waals surface area contributed by atoms with Crippen molar-refractivity contribution in [2.45, 2.75) is 44.3 Å². The highest BCUT2D eigenvalue weighted by molar-refractivity contribution is 7.98. The van der Waals surface area contributed by atoms with Gasteiger partial charge >= 0.3 is 5.97 Å². The second kappa shape index (κ2) is 12.4. The van der Waals surface area contributed by atoms with Crippen LogP contribution in [0.4, 0.5) is 0 Å². The van der Waals surface area contributed by atoms with Gasteiger partial charge in [-0.2, -0.15) is 11.8 Å². The van der Waals surface area contributed by atoms with Crippen LogP contribution >= 0.6 is 11.8 Å². The van der Waals surface area contributed by atoms with Crippen LogP contribution < -0.4 is 27.8 Å². The first kappa shape index (κ1) is 23.0. The largest absolute Gasteiger partial charge is 0.480 e. The number of thioether (sulfide) groups is 1. The van der Waals surface area contributed by atoms with Gasteiger partial charge in [-0.1, -0.05) is 0 Å². The molecule has 144 valence electrons. The molecule has 0 rings (SSSR count). The first-order chi connectivity index (χ1) is 11.7. The minimum atomic E-state index is -1.15. The normalized spacial score (nSPS) is 14.0. The number of guanidine groups is 1. The van der Waals surface area contributed by atoms with Crippen molar-refractivity contribution in [2.24, 2.45) is 22.2 Å². The molecule has 0 radical (unpaired) electrons. The smallest absolute Gasteiger partial charge is 0.325 e. The summed E-state index contributed by atoms with van der Waals surface area (Å²) in [6.07, 6.45) is 3.10. The van der Waals surface area contributed by atoms with Gasteiger partial charge in [-0.05, 0) is 38.2 Å². The van der Waals surface area contributed by atoms with Crippen LogP contribution in [-0.2, 0) is 14.4 Å². The zero-order chi connectivity index (χ0) is 19.4. The van der Waals surface area contributed by atoms with Crippen molar-refractivity contribution in [3.63, 3.8) is 0 Å². The van der Waals surface area contributed by atoms with Crippen LogP contribution in [0.2, 0.25) is 0 Å². The van der Waals surface area contributed by atoms with E-state index in [1.807, 2.05) is 6.26 Å². The molecule has 0 aromatic heterocycles. The molecule has 3 atom stereocenters. The second-order valence-corrected chi connectivity index (χ2v) is 6.45. The van der Waals surface area contributed by atoms with Gasteiger partial charge in [0.15, 0.2) is 5.96 Å². The number of aliphatic imine (C=N–C) groups is 1. The summed E-state index contributed by atoms with van der Waals surface area (Å²) in [5.74, 6) is -1.59. The molecule has 0 aromatic carbocycles. The summed E-state index contributed by atoms with van der Waals surface area (Å²) in [7, 11) is 0. The number of carboxylic acid groups (broad SMARTS) is 1. The molecule has 11 heteroatoms. The monoisotopic (exact) mass is 376 g/mol. The van der Waals surface area contributed by atoms with Crippen LogP contribution in [0, 0.1) is 0 Å². The van der Waals surface area contributed by atoms with Gasteiger partial charge in [-0.25, -0.2) is 0 Å². The molecule has 2 amide bonds. The number of rotatable bonds is 12. The van der Waals surface area contributed by atoms with E-state index in [9.17, 15) is 14.4 Å². The predicted molar refractivity (Wildman–Crippen MR) is 98.1 cm³/mol. The molecule has 0 fully saturated rings. The van der Waals surface area contributed by atoms with E-state index < -0.39 is 35.9 Å². The summed E-state index contributed by atoms with van der Waals surface area (Å²) < 4.78 is 0. The van der Waals surface area contributed by atoms with Crippen LogP contribution in [0.25, 0.3) is 0 Å². The number of carboxylic acids is 1. The fourth-order valence-corrected chi connectivity index (χ4v) is 2.28. The fraction of sp³-hybridized carbons (Fsp3) is 0.714. The number of carbonyl (C=O) groups excluding carboxylic acids is 2. The van der Waals surface area contributed by atoms with E-state index in [0.29, 0.717) is 31.6 Å². The lowest BCUT2D eigenvalue weighted by molar-refractivity contribution is -0.141. The van der Waals surface area contributed by atoms with Crippen LogP contribution in [-0.4, -0.2) is 65.5 Å². The number of aliphatic carboxylic acids is 1. The van der Waals surface area contributed by atoms with Gasteiger partial charge < -0.3 is 32.9 Å². The zero-order valence-corrected chi connectivity index (χ0v) is 15.3. The Bertz CT molecular complexity index is 484. The average Bonchev–Trinajstić information content (AvgIpc) is 2.54. The minimum Gasteiger partial charge on any atom is -0.480 e. The maximum atomic E-state index is 12.2. The third-order valence-electron chi connectivity index (χ3n) is 3.28. The third kappa shape index (κ3) is 10.5. The number of hydrogen-bond acceptors (Lipinski definition) is 6. The van der Waals surface area contributed by atoms with Gasteiger partial charge in [0, 0.05) is 6.54 Å². The number of nitrogens with one attached hydrogen (secondary N) is 2. The molecule has 0 unspecified atom stereocenters. The predicted octanol–water partition coefficient (Wildman–Crippen LogP) is -1.81. The van der Waals surface area contributed by atoms with Crippen molar-refractivity contribution < 1.29 is 19.5 Å². The Morgan fingerprint density at radius 3 is 2.32 bits per heavy atom. The molecule has 0 bridgehead atoms. The Hall–Kier alpha value is -2.01. The van der Waals surface area contributed by atoms with Gasteiger partial charge in [-0.3, -0.25) is 19.4 Å². The number of amides is 2. The van der Waals surface area contributed by atoms with Crippen LogP contribution in [0.15, 0.2) is 4.99 Å². The van der Waals surface area contributed by atoms with Gasteiger partial charge in [0.1, 0.15) is 12.1 Å². The Kier molecular flexibility index (Phi) is 11.4. The Balaban J connectivity index is 4.61. The second-order valence-electron chi connectivity index (χ2n) is 5.47. The van der Waals surface area contributed by atoms with E-state index in [-0.39, 0.29) is 5.96 Å². The van der Waals surface area contributed by atoms with Crippen molar-refractivity contribution >= 4 is 35.5 Å². The highest BCUT2D eigenvalue weighted by atomic mass is 32.2. The summed E-state index contributed by atoms with van der Waals surface area (Å²) in [6.45, 7) is 1.71. The van der Waals surface area contributed by atoms with Crippen LogP contribution in [0.3, 0.4) is 0 Å². The van der Waals surface area contributed by atoms with E-state index >= 15 is 0 Å². The zero-order valence-electron chi connectivity index (χ0n) is 14.5. The summed E-state index contributed by atoms with van der Waals surface area (Å²) in [5, 5.41) is 13.8. The molecule has 0 heterocycles. The molecule has 0 aliphatic rings. The SMILES string of the molecule is CSCC[C@H](NC(=O)[C@@H](N)CCCN=C(N)N)C(=O)N[C@@H](C)C(=O)O. The summed E-state index contributed by atoms with van der Waals surface area (Å²) in [6, 6.07) is -2.70. The third-order valence-corrected chi connectivity index (χ3v) is 3.92. The van der Waals surface area contributed by atoms with E-state index in [1.54, 1.807) is 0 Å². The number of nitrogens with two attached hydrogens (primary N) is 3. The molecule has 0 aliphatic carbocycles. The number of hydrogen-bond donors (Lipinski definition) is 6. The van der Waals surface area contributed by atoms with E-state index in [2.05, 4.69) is 15.6 Å². The van der Waals surface area contributed by atoms with E-state index in [0.717, 1.165) is 0 Å². The minimum absolute atomic E-state index is 0.0284.